The van der Waals surface area contributed by atoms with Gasteiger partial charge in [0.25, 0.3) is 5.91 Å². The highest BCUT2D eigenvalue weighted by molar-refractivity contribution is 7.89. The molecule has 0 spiro atoms. The second kappa shape index (κ2) is 9.66. The van der Waals surface area contributed by atoms with E-state index in [9.17, 15) is 13.2 Å². The summed E-state index contributed by atoms with van der Waals surface area (Å²) in [6.07, 6.45) is 0. The van der Waals surface area contributed by atoms with E-state index in [1.54, 1.807) is 13.0 Å². The summed E-state index contributed by atoms with van der Waals surface area (Å²) in [5, 5.41) is 3.57. The van der Waals surface area contributed by atoms with E-state index in [2.05, 4.69) is 17.1 Å². The van der Waals surface area contributed by atoms with Crippen LogP contribution < -0.4 is 5.32 Å². The number of hydrogen-bond donors (Lipinski definition) is 1. The van der Waals surface area contributed by atoms with Gasteiger partial charge < -0.3 is 10.2 Å². The van der Waals surface area contributed by atoms with Crippen molar-refractivity contribution in [2.45, 2.75) is 24.8 Å². The summed E-state index contributed by atoms with van der Waals surface area (Å²) in [5.41, 5.74) is 0.880. The third-order valence-corrected chi connectivity index (χ3v) is 7.89. The van der Waals surface area contributed by atoms with Gasteiger partial charge in [-0.2, -0.15) is 4.31 Å². The van der Waals surface area contributed by atoms with Gasteiger partial charge in [-0.25, -0.2) is 8.42 Å². The molecule has 2 aromatic rings. The van der Waals surface area contributed by atoms with E-state index < -0.39 is 15.9 Å². The molecule has 1 aliphatic heterocycles. The second-order valence-electron chi connectivity index (χ2n) is 7.20. The molecule has 1 N–H and O–H groups in total. The van der Waals surface area contributed by atoms with Gasteiger partial charge in [0.15, 0.2) is 0 Å². The van der Waals surface area contributed by atoms with Crippen LogP contribution in [0.15, 0.2) is 47.4 Å². The van der Waals surface area contributed by atoms with Gasteiger partial charge in [-0.15, -0.1) is 0 Å². The van der Waals surface area contributed by atoms with E-state index in [0.29, 0.717) is 31.2 Å². The van der Waals surface area contributed by atoms with Crippen molar-refractivity contribution >= 4 is 39.1 Å². The zero-order valence-electron chi connectivity index (χ0n) is 16.9. The standard InChI is InChI=1S/C21H25Cl2N3O3S/c1-3-25-10-12-26(13-11-25)30(28,29)16-8-9-20(23)18(14-16)21(27)24-15(2)17-6-4-5-7-19(17)22/h4-9,14-15H,3,10-13H2,1-2H3,(H,24,27)/t15-/m1/s1. The predicted octanol–water partition coefficient (Wildman–Crippen LogP) is 3.81. The fourth-order valence-electron chi connectivity index (χ4n) is 3.45. The molecule has 1 fully saturated rings. The fraction of sp³-hybridized carbons (Fsp3) is 0.381. The molecule has 0 aromatic heterocycles. The van der Waals surface area contributed by atoms with Crippen LogP contribution in [0.25, 0.3) is 0 Å². The SMILES string of the molecule is CCN1CCN(S(=O)(=O)c2ccc(Cl)c(C(=O)N[C@H](C)c3ccccc3Cl)c2)CC1. The molecule has 0 bridgehead atoms. The minimum atomic E-state index is -3.71. The van der Waals surface area contributed by atoms with Crippen LogP contribution in [-0.2, 0) is 10.0 Å². The number of sulfonamides is 1. The highest BCUT2D eigenvalue weighted by Crippen LogP contribution is 2.26. The lowest BCUT2D eigenvalue weighted by Crippen LogP contribution is -2.48. The molecule has 1 aliphatic rings. The van der Waals surface area contributed by atoms with Crippen molar-refractivity contribution in [3.63, 3.8) is 0 Å². The number of piperazine rings is 1. The quantitative estimate of drug-likeness (QED) is 0.697. The van der Waals surface area contributed by atoms with Crippen LogP contribution in [0.4, 0.5) is 0 Å². The Labute approximate surface area is 187 Å². The smallest absolute Gasteiger partial charge is 0.253 e. The van der Waals surface area contributed by atoms with Crippen molar-refractivity contribution in [3.05, 3.63) is 63.6 Å². The molecular weight excluding hydrogens is 445 g/mol. The number of carbonyl (C=O) groups is 1. The molecule has 0 saturated carbocycles. The Bertz CT molecular complexity index is 1020. The summed E-state index contributed by atoms with van der Waals surface area (Å²) in [6, 6.07) is 11.1. The Morgan fingerprint density at radius 1 is 1.07 bits per heavy atom. The maximum atomic E-state index is 13.1. The molecule has 1 atom stereocenters. The summed E-state index contributed by atoms with van der Waals surface area (Å²) < 4.78 is 27.6. The maximum Gasteiger partial charge on any atom is 0.253 e. The fourth-order valence-corrected chi connectivity index (χ4v) is 5.40. The van der Waals surface area contributed by atoms with Crippen LogP contribution in [0.5, 0.6) is 0 Å². The third kappa shape index (κ3) is 4.98. The normalized spacial score (nSPS) is 16.9. The van der Waals surface area contributed by atoms with Gasteiger partial charge in [-0.05, 0) is 43.3 Å². The molecule has 3 rings (SSSR count). The minimum Gasteiger partial charge on any atom is -0.345 e. The maximum absolute atomic E-state index is 13.1. The van der Waals surface area contributed by atoms with Gasteiger partial charge in [0.05, 0.1) is 21.5 Å². The lowest BCUT2D eigenvalue weighted by atomic mass is 10.1. The van der Waals surface area contributed by atoms with Gasteiger partial charge in [0.1, 0.15) is 0 Å². The zero-order valence-corrected chi connectivity index (χ0v) is 19.3. The van der Waals surface area contributed by atoms with E-state index in [0.717, 1.165) is 12.1 Å². The number of benzene rings is 2. The molecule has 1 amide bonds. The van der Waals surface area contributed by atoms with Gasteiger partial charge in [0.2, 0.25) is 10.0 Å². The van der Waals surface area contributed by atoms with Crippen molar-refractivity contribution in [1.82, 2.24) is 14.5 Å². The molecule has 30 heavy (non-hydrogen) atoms. The number of carbonyl (C=O) groups excluding carboxylic acids is 1. The van der Waals surface area contributed by atoms with E-state index in [1.807, 2.05) is 18.2 Å². The number of rotatable bonds is 6. The molecule has 0 aliphatic carbocycles. The largest absolute Gasteiger partial charge is 0.345 e. The number of hydrogen-bond acceptors (Lipinski definition) is 4. The number of amides is 1. The number of nitrogens with zero attached hydrogens (tertiary/aromatic N) is 2. The first-order valence-electron chi connectivity index (χ1n) is 9.81. The molecule has 6 nitrogen and oxygen atoms in total. The minimum absolute atomic E-state index is 0.0624. The second-order valence-corrected chi connectivity index (χ2v) is 9.95. The Kier molecular flexibility index (Phi) is 7.42. The lowest BCUT2D eigenvalue weighted by Gasteiger charge is -2.33. The van der Waals surface area contributed by atoms with Gasteiger partial charge in [-0.3, -0.25) is 4.79 Å². The van der Waals surface area contributed by atoms with Crippen molar-refractivity contribution in [2.24, 2.45) is 0 Å². The molecule has 0 unspecified atom stereocenters. The average molecular weight is 470 g/mol. The molecule has 0 radical (unpaired) electrons. The highest BCUT2D eigenvalue weighted by atomic mass is 35.5. The van der Waals surface area contributed by atoms with Crippen LogP contribution >= 0.6 is 23.2 Å². The summed E-state index contributed by atoms with van der Waals surface area (Å²) in [5.74, 6) is -0.458. The predicted molar refractivity (Wildman–Crippen MR) is 120 cm³/mol. The van der Waals surface area contributed by atoms with Gasteiger partial charge in [0, 0.05) is 31.2 Å². The number of halogens is 2. The zero-order chi connectivity index (χ0) is 21.9. The van der Waals surface area contributed by atoms with Gasteiger partial charge in [-0.1, -0.05) is 48.3 Å². The monoisotopic (exact) mass is 469 g/mol. The van der Waals surface area contributed by atoms with E-state index in [4.69, 9.17) is 23.2 Å². The molecule has 9 heteroatoms. The topological polar surface area (TPSA) is 69.7 Å². The van der Waals surface area contributed by atoms with E-state index >= 15 is 0 Å². The Morgan fingerprint density at radius 2 is 1.73 bits per heavy atom. The van der Waals surface area contributed by atoms with Crippen LogP contribution in [-0.4, -0.2) is 56.3 Å². The molecule has 2 aromatic carbocycles. The van der Waals surface area contributed by atoms with Crippen LogP contribution in [0.3, 0.4) is 0 Å². The number of likely N-dealkylation sites (N-methyl/N-ethyl adjacent to an activating group) is 1. The summed E-state index contributed by atoms with van der Waals surface area (Å²) >= 11 is 12.4. The Morgan fingerprint density at radius 3 is 2.37 bits per heavy atom. The summed E-state index contributed by atoms with van der Waals surface area (Å²) in [7, 11) is -3.71. The van der Waals surface area contributed by atoms with Crippen molar-refractivity contribution in [1.29, 1.82) is 0 Å². The number of nitrogens with one attached hydrogen (secondary N) is 1. The van der Waals surface area contributed by atoms with E-state index in [1.165, 1.54) is 22.5 Å². The van der Waals surface area contributed by atoms with Crippen LogP contribution in [0.1, 0.15) is 35.8 Å². The van der Waals surface area contributed by atoms with Crippen molar-refractivity contribution in [3.8, 4) is 0 Å². The average Bonchev–Trinajstić information content (AvgIpc) is 2.74. The first kappa shape index (κ1) is 23.0. The van der Waals surface area contributed by atoms with E-state index in [-0.39, 0.29) is 21.5 Å². The highest BCUT2D eigenvalue weighted by Gasteiger charge is 2.29. The first-order valence-corrected chi connectivity index (χ1v) is 12.0. The first-order chi connectivity index (χ1) is 14.2. The summed E-state index contributed by atoms with van der Waals surface area (Å²) in [4.78, 5) is 15.1. The van der Waals surface area contributed by atoms with Crippen LogP contribution in [0, 0.1) is 0 Å². The molecule has 162 valence electrons. The molecule has 1 saturated heterocycles. The lowest BCUT2D eigenvalue weighted by molar-refractivity contribution is 0.0940. The Balaban J connectivity index is 1.81. The van der Waals surface area contributed by atoms with Crippen molar-refractivity contribution < 1.29 is 13.2 Å². The molecule has 1 heterocycles. The molecular formula is C21H25Cl2N3O3S. The van der Waals surface area contributed by atoms with Crippen molar-refractivity contribution in [2.75, 3.05) is 32.7 Å². The summed E-state index contributed by atoms with van der Waals surface area (Å²) in [6.45, 7) is 6.97. The van der Waals surface area contributed by atoms with Gasteiger partial charge >= 0.3 is 0 Å². The Hall–Kier alpha value is -1.64. The third-order valence-electron chi connectivity index (χ3n) is 5.32. The van der Waals surface area contributed by atoms with Crippen LogP contribution in [0.2, 0.25) is 10.0 Å².